The molecule has 1 aliphatic rings. The second-order valence-corrected chi connectivity index (χ2v) is 6.04. The molecule has 1 heterocycles. The van der Waals surface area contributed by atoms with E-state index in [1.54, 1.807) is 26.2 Å². The first-order valence-corrected chi connectivity index (χ1v) is 8.41. The molecular weight excluding hydrogens is 292 g/mol. The first-order chi connectivity index (χ1) is 11.1. The van der Waals surface area contributed by atoms with Crippen LogP contribution in [0.1, 0.15) is 39.0 Å². The van der Waals surface area contributed by atoms with E-state index in [1.165, 1.54) is 0 Å². The van der Waals surface area contributed by atoms with E-state index in [4.69, 9.17) is 4.74 Å². The van der Waals surface area contributed by atoms with Gasteiger partial charge in [-0.15, -0.1) is 0 Å². The first kappa shape index (κ1) is 19.6. The summed E-state index contributed by atoms with van der Waals surface area (Å²) in [6.45, 7) is 8.21. The van der Waals surface area contributed by atoms with Gasteiger partial charge in [0.05, 0.1) is 12.1 Å². The molecule has 0 aromatic carbocycles. The lowest BCUT2D eigenvalue weighted by Gasteiger charge is -2.38. The minimum Gasteiger partial charge on any atom is -0.378 e. The Morgan fingerprint density at radius 3 is 2.83 bits per heavy atom. The minimum atomic E-state index is -0.0562. The van der Waals surface area contributed by atoms with Gasteiger partial charge in [0.15, 0.2) is 0 Å². The number of hydrogen-bond acceptors (Lipinski definition) is 4. The molecule has 2 atom stereocenters. The number of likely N-dealkylation sites (tertiary alicyclic amines) is 1. The summed E-state index contributed by atoms with van der Waals surface area (Å²) in [5.74, 6) is -0.0562. The molecule has 1 fully saturated rings. The summed E-state index contributed by atoms with van der Waals surface area (Å²) in [5.41, 5.74) is 0.660. The Bertz CT molecular complexity index is 420. The monoisotopic (exact) mass is 322 g/mol. The Morgan fingerprint density at radius 2 is 2.17 bits per heavy atom. The van der Waals surface area contributed by atoms with Crippen LogP contribution in [0.5, 0.6) is 0 Å². The van der Waals surface area contributed by atoms with E-state index in [-0.39, 0.29) is 18.1 Å². The van der Waals surface area contributed by atoms with Crippen molar-refractivity contribution >= 4 is 12.2 Å². The molecule has 0 saturated carbocycles. The number of hydrogen-bond donors (Lipinski definition) is 1. The third kappa shape index (κ3) is 7.10. The van der Waals surface area contributed by atoms with Crippen molar-refractivity contribution in [3.8, 4) is 0 Å². The predicted molar refractivity (Wildman–Crippen MR) is 92.3 cm³/mol. The van der Waals surface area contributed by atoms with E-state index >= 15 is 0 Å². The third-order valence-electron chi connectivity index (χ3n) is 4.28. The van der Waals surface area contributed by atoms with E-state index < -0.39 is 0 Å². The maximum atomic E-state index is 12.1. The van der Waals surface area contributed by atoms with E-state index in [9.17, 15) is 9.59 Å². The number of piperidine rings is 1. The molecule has 2 unspecified atom stereocenters. The second-order valence-electron chi connectivity index (χ2n) is 6.04. The lowest BCUT2D eigenvalue weighted by molar-refractivity contribution is -0.120. The number of nitrogens with one attached hydrogen (secondary N) is 1. The van der Waals surface area contributed by atoms with E-state index in [0.29, 0.717) is 12.0 Å². The number of nitrogens with zero attached hydrogens (tertiary/aromatic N) is 1. The zero-order valence-corrected chi connectivity index (χ0v) is 14.4. The molecule has 1 saturated heterocycles. The number of ether oxygens (including phenoxy) is 1. The van der Waals surface area contributed by atoms with Gasteiger partial charge in [-0.05, 0) is 32.7 Å². The maximum absolute atomic E-state index is 12.1. The molecule has 0 aromatic rings. The highest BCUT2D eigenvalue weighted by molar-refractivity contribution is 5.93. The highest BCUT2D eigenvalue weighted by Crippen LogP contribution is 2.15. The van der Waals surface area contributed by atoms with Crippen LogP contribution in [0.2, 0.25) is 0 Å². The zero-order chi connectivity index (χ0) is 17.1. The molecule has 5 heteroatoms. The fourth-order valence-corrected chi connectivity index (χ4v) is 2.86. The van der Waals surface area contributed by atoms with Gasteiger partial charge in [-0.3, -0.25) is 4.79 Å². The highest BCUT2D eigenvalue weighted by Gasteiger charge is 2.30. The lowest BCUT2D eigenvalue weighted by Crippen LogP contribution is -2.55. The lowest BCUT2D eigenvalue weighted by atomic mass is 10.0. The summed E-state index contributed by atoms with van der Waals surface area (Å²) >= 11 is 0. The van der Waals surface area contributed by atoms with Gasteiger partial charge in [-0.1, -0.05) is 25.2 Å². The summed E-state index contributed by atoms with van der Waals surface area (Å²) in [5, 5.41) is 3.06. The summed E-state index contributed by atoms with van der Waals surface area (Å²) in [7, 11) is 1.70. The second kappa shape index (κ2) is 11.1. The Kier molecular flexibility index (Phi) is 9.48. The number of allylic oxidation sites excluding steroid dienone is 2. The van der Waals surface area contributed by atoms with Crippen molar-refractivity contribution < 1.29 is 14.3 Å². The fourth-order valence-electron chi connectivity index (χ4n) is 2.86. The summed E-state index contributed by atoms with van der Waals surface area (Å²) in [4.78, 5) is 24.8. The van der Waals surface area contributed by atoms with Gasteiger partial charge in [0.2, 0.25) is 5.91 Å². The van der Waals surface area contributed by atoms with Gasteiger partial charge in [0.25, 0.3) is 0 Å². The van der Waals surface area contributed by atoms with E-state index in [0.717, 1.165) is 51.6 Å². The quantitative estimate of drug-likeness (QED) is 0.290. The van der Waals surface area contributed by atoms with Crippen LogP contribution in [0.25, 0.3) is 0 Å². The van der Waals surface area contributed by atoms with Crippen LogP contribution in [0.4, 0.5) is 0 Å². The number of amides is 1. The van der Waals surface area contributed by atoms with Gasteiger partial charge in [0, 0.05) is 32.2 Å². The number of unbranched alkanes of at least 4 members (excludes halogenated alkanes) is 3. The van der Waals surface area contributed by atoms with Crippen LogP contribution in [-0.2, 0) is 14.3 Å². The predicted octanol–water partition coefficient (Wildman–Crippen LogP) is 2.08. The van der Waals surface area contributed by atoms with E-state index in [1.807, 2.05) is 0 Å². The maximum Gasteiger partial charge on any atom is 0.247 e. The Hall–Kier alpha value is -1.46. The summed E-state index contributed by atoms with van der Waals surface area (Å²) in [6.07, 6.45) is 9.03. The molecule has 1 amide bonds. The molecular formula is C18H30N2O3. The van der Waals surface area contributed by atoms with Crippen LogP contribution in [0, 0.1) is 0 Å². The van der Waals surface area contributed by atoms with Crippen LogP contribution in [-0.4, -0.2) is 56.0 Å². The Balaban J connectivity index is 2.40. The minimum absolute atomic E-state index is 0.0132. The molecule has 1 aliphatic heterocycles. The van der Waals surface area contributed by atoms with Crippen molar-refractivity contribution in [2.45, 2.75) is 51.2 Å². The molecule has 0 radical (unpaired) electrons. The van der Waals surface area contributed by atoms with Crippen molar-refractivity contribution in [2.75, 3.05) is 26.7 Å². The normalized spacial score (nSPS) is 22.6. The van der Waals surface area contributed by atoms with Gasteiger partial charge in [0.1, 0.15) is 6.29 Å². The molecule has 0 aliphatic carbocycles. The molecule has 23 heavy (non-hydrogen) atoms. The number of methoxy groups -OCH3 is 1. The molecule has 130 valence electrons. The first-order valence-electron chi connectivity index (χ1n) is 8.41. The molecule has 0 spiro atoms. The molecule has 0 bridgehead atoms. The average Bonchev–Trinajstić information content (AvgIpc) is 2.55. The highest BCUT2D eigenvalue weighted by atomic mass is 16.5. The Morgan fingerprint density at radius 1 is 1.39 bits per heavy atom. The topological polar surface area (TPSA) is 58.6 Å². The molecule has 1 rings (SSSR count). The van der Waals surface area contributed by atoms with E-state index in [2.05, 4.69) is 16.8 Å². The van der Waals surface area contributed by atoms with Crippen molar-refractivity contribution in [2.24, 2.45) is 0 Å². The molecule has 0 aromatic heterocycles. The van der Waals surface area contributed by atoms with Gasteiger partial charge in [-0.2, -0.15) is 0 Å². The summed E-state index contributed by atoms with van der Waals surface area (Å²) < 4.78 is 5.58. The number of carbonyl (C=O) groups excluding carboxylic acids is 2. The zero-order valence-electron chi connectivity index (χ0n) is 14.4. The summed E-state index contributed by atoms with van der Waals surface area (Å²) in [6, 6.07) is 0.0481. The number of carbonyl (C=O) groups is 2. The Labute approximate surface area is 139 Å². The van der Waals surface area contributed by atoms with Crippen LogP contribution in [0.15, 0.2) is 24.3 Å². The SMILES string of the molecule is C=C/C=C(\C)C(=O)NC1CCN(CCCCCC=O)CC1OC. The van der Waals surface area contributed by atoms with Crippen LogP contribution in [0.3, 0.4) is 0 Å². The number of rotatable bonds is 10. The largest absolute Gasteiger partial charge is 0.378 e. The third-order valence-corrected chi connectivity index (χ3v) is 4.28. The van der Waals surface area contributed by atoms with Gasteiger partial charge >= 0.3 is 0 Å². The standard InChI is InChI=1S/C18H30N2O3/c1-4-9-15(2)18(22)19-16-10-12-20(14-17(16)23-3)11-7-5-6-8-13-21/h4,9,13,16-17H,1,5-8,10-12,14H2,2-3H3,(H,19,22)/b15-9+. The van der Waals surface area contributed by atoms with Crippen LogP contribution < -0.4 is 5.32 Å². The van der Waals surface area contributed by atoms with Crippen molar-refractivity contribution in [3.63, 3.8) is 0 Å². The van der Waals surface area contributed by atoms with Crippen molar-refractivity contribution in [1.82, 2.24) is 10.2 Å². The van der Waals surface area contributed by atoms with Gasteiger partial charge in [-0.25, -0.2) is 0 Å². The van der Waals surface area contributed by atoms with Crippen LogP contribution >= 0.6 is 0 Å². The smallest absolute Gasteiger partial charge is 0.247 e. The van der Waals surface area contributed by atoms with Gasteiger partial charge < -0.3 is 19.7 Å². The average molecular weight is 322 g/mol. The number of aldehydes is 1. The molecule has 5 nitrogen and oxygen atoms in total. The van der Waals surface area contributed by atoms with Crippen molar-refractivity contribution in [3.05, 3.63) is 24.3 Å². The van der Waals surface area contributed by atoms with Crippen molar-refractivity contribution in [1.29, 1.82) is 0 Å². The fraction of sp³-hybridized carbons (Fsp3) is 0.667. The molecule has 1 N–H and O–H groups in total.